The highest BCUT2D eigenvalue weighted by atomic mass is 32.2. The maximum Gasteiger partial charge on any atom is 0.313 e. The smallest absolute Gasteiger partial charge is 0.313 e. The van der Waals surface area contributed by atoms with Crippen LogP contribution in [0.4, 0.5) is 0 Å². The minimum absolute atomic E-state index is 0.00224. The van der Waals surface area contributed by atoms with Gasteiger partial charge in [0.1, 0.15) is 41.4 Å². The van der Waals surface area contributed by atoms with Crippen LogP contribution in [0.3, 0.4) is 0 Å². The number of hydrogen-bond donors (Lipinski definition) is 0. The van der Waals surface area contributed by atoms with Crippen LogP contribution in [0.2, 0.25) is 0 Å². The number of allylic oxidation sites excluding steroid dienone is 1. The van der Waals surface area contributed by atoms with Crippen LogP contribution in [-0.4, -0.2) is 90.6 Å². The molecule has 2 aliphatic heterocycles. The first kappa shape index (κ1) is 36.4. The fourth-order valence-electron chi connectivity index (χ4n) is 6.21. The van der Waals surface area contributed by atoms with Crippen molar-refractivity contribution in [1.82, 2.24) is 0 Å². The Labute approximate surface area is 265 Å². The summed E-state index contributed by atoms with van der Waals surface area (Å²) in [5.74, 6) is -2.48. The molecule has 44 heavy (non-hydrogen) atoms. The van der Waals surface area contributed by atoms with Gasteiger partial charge < -0.3 is 23.7 Å². The summed E-state index contributed by atoms with van der Waals surface area (Å²) in [5, 5.41) is 0. The van der Waals surface area contributed by atoms with Gasteiger partial charge in [-0.25, -0.2) is 0 Å². The van der Waals surface area contributed by atoms with Crippen molar-refractivity contribution in [2.75, 3.05) is 31.8 Å². The number of ketones is 3. The van der Waals surface area contributed by atoms with Crippen molar-refractivity contribution < 1.29 is 47.7 Å². The maximum atomic E-state index is 12.9. The second kappa shape index (κ2) is 16.0. The summed E-state index contributed by atoms with van der Waals surface area (Å²) in [7, 11) is 1.60. The maximum absolute atomic E-state index is 12.9. The molecule has 2 saturated heterocycles. The van der Waals surface area contributed by atoms with Crippen molar-refractivity contribution in [2.45, 2.75) is 116 Å². The van der Waals surface area contributed by atoms with Gasteiger partial charge in [0.2, 0.25) is 0 Å². The predicted molar refractivity (Wildman–Crippen MR) is 165 cm³/mol. The van der Waals surface area contributed by atoms with E-state index < -0.39 is 42.1 Å². The standard InChI is InChI=1S/C33H50O10S/c1-8-40-31(38)22(15-23(34)10-11-25(36)21(4)5)17-44-18-24(35)16-28(37)42-26-13-14-33(19-41-33)30(29(26)39-7)32(6)27(43-32)12-9-20(2)3/h9,21-22,26-27,29-30H,8,10-19H2,1-7H3/t22-,26-,27-,29-,30-,32+,33+/m1/s1. The van der Waals surface area contributed by atoms with Gasteiger partial charge in [-0.1, -0.05) is 25.5 Å². The molecule has 3 rings (SSSR count). The first-order valence-corrected chi connectivity index (χ1v) is 16.9. The van der Waals surface area contributed by atoms with E-state index in [0.29, 0.717) is 19.4 Å². The first-order valence-electron chi connectivity index (χ1n) is 15.7. The summed E-state index contributed by atoms with van der Waals surface area (Å²) >= 11 is 1.18. The summed E-state index contributed by atoms with van der Waals surface area (Å²) in [6.45, 7) is 12.2. The number of Topliss-reactive ketones (excluding diaryl/α,β-unsaturated/α-hetero) is 3. The zero-order chi connectivity index (χ0) is 32.7. The Hall–Kier alpha value is -2.08. The van der Waals surface area contributed by atoms with Gasteiger partial charge in [-0.2, -0.15) is 11.8 Å². The zero-order valence-corrected chi connectivity index (χ0v) is 28.1. The molecule has 3 fully saturated rings. The minimum atomic E-state index is -0.730. The van der Waals surface area contributed by atoms with Gasteiger partial charge in [0, 0.05) is 38.0 Å². The third-order valence-corrected chi connectivity index (χ3v) is 10.00. The fraction of sp³-hybridized carbons (Fsp3) is 0.788. The van der Waals surface area contributed by atoms with Gasteiger partial charge >= 0.3 is 11.9 Å². The van der Waals surface area contributed by atoms with Crippen LogP contribution in [0, 0.1) is 17.8 Å². The highest BCUT2D eigenvalue weighted by Gasteiger charge is 2.72. The summed E-state index contributed by atoms with van der Waals surface area (Å²) in [4.78, 5) is 62.3. The molecule has 7 atom stereocenters. The SMILES string of the molecule is CCOC(=O)[C@@H](CSCC(=O)CC(=O)O[C@@H]1CC[C@]2(CO2)[C@@H]([C@@]2(C)O[C@@H]2CC=C(C)C)[C@@H]1OC)CC(=O)CCC(=O)C(C)C. The van der Waals surface area contributed by atoms with E-state index in [9.17, 15) is 24.0 Å². The Morgan fingerprint density at radius 2 is 1.80 bits per heavy atom. The summed E-state index contributed by atoms with van der Waals surface area (Å²) in [6.07, 6.45) is 3.06. The lowest BCUT2D eigenvalue weighted by molar-refractivity contribution is -0.172. The van der Waals surface area contributed by atoms with Crippen LogP contribution in [0.5, 0.6) is 0 Å². The van der Waals surface area contributed by atoms with E-state index in [4.69, 9.17) is 23.7 Å². The number of thioether (sulfide) groups is 1. The third kappa shape index (κ3) is 9.71. The molecule has 1 saturated carbocycles. The Bertz CT molecular complexity index is 1090. The highest BCUT2D eigenvalue weighted by Crippen LogP contribution is 2.59. The molecule has 1 aliphatic carbocycles. The van der Waals surface area contributed by atoms with Crippen LogP contribution in [0.1, 0.15) is 86.5 Å². The highest BCUT2D eigenvalue weighted by molar-refractivity contribution is 7.99. The molecular formula is C33H50O10S. The lowest BCUT2D eigenvalue weighted by Crippen LogP contribution is -2.55. The average Bonchev–Trinajstić information content (AvgIpc) is 3.87. The van der Waals surface area contributed by atoms with Crippen molar-refractivity contribution in [2.24, 2.45) is 17.8 Å². The average molecular weight is 639 g/mol. The number of carbonyl (C=O) groups excluding carboxylic acids is 5. The number of esters is 2. The largest absolute Gasteiger partial charge is 0.466 e. The van der Waals surface area contributed by atoms with E-state index in [0.717, 1.165) is 6.42 Å². The predicted octanol–water partition coefficient (Wildman–Crippen LogP) is 4.44. The lowest BCUT2D eigenvalue weighted by Gasteiger charge is -2.42. The van der Waals surface area contributed by atoms with E-state index in [-0.39, 0.29) is 78.3 Å². The van der Waals surface area contributed by atoms with Gasteiger partial charge in [0.05, 0.1) is 36.9 Å². The number of rotatable bonds is 19. The molecule has 248 valence electrons. The van der Waals surface area contributed by atoms with Gasteiger partial charge in [-0.15, -0.1) is 0 Å². The normalized spacial score (nSPS) is 29.5. The second-order valence-corrected chi connectivity index (χ2v) is 14.0. The molecule has 0 radical (unpaired) electrons. The fourth-order valence-corrected chi connectivity index (χ4v) is 7.19. The Morgan fingerprint density at radius 1 is 1.09 bits per heavy atom. The minimum Gasteiger partial charge on any atom is -0.466 e. The monoisotopic (exact) mass is 638 g/mol. The number of methoxy groups -OCH3 is 1. The first-order chi connectivity index (χ1) is 20.8. The van der Waals surface area contributed by atoms with E-state index in [1.807, 2.05) is 0 Å². The molecular weight excluding hydrogens is 588 g/mol. The van der Waals surface area contributed by atoms with Gasteiger partial charge in [0.15, 0.2) is 5.78 Å². The Balaban J connectivity index is 1.50. The van der Waals surface area contributed by atoms with E-state index in [1.165, 1.54) is 17.3 Å². The summed E-state index contributed by atoms with van der Waals surface area (Å²) in [6, 6.07) is 0. The molecule has 0 amide bonds. The van der Waals surface area contributed by atoms with Crippen molar-refractivity contribution in [3.63, 3.8) is 0 Å². The number of carbonyl (C=O) groups is 5. The molecule has 11 heteroatoms. The topological polar surface area (TPSA) is 138 Å². The number of epoxide rings is 2. The molecule has 0 aromatic carbocycles. The van der Waals surface area contributed by atoms with Crippen LogP contribution in [-0.2, 0) is 47.7 Å². The van der Waals surface area contributed by atoms with Crippen molar-refractivity contribution >= 4 is 41.1 Å². The molecule has 2 heterocycles. The van der Waals surface area contributed by atoms with E-state index in [2.05, 4.69) is 26.8 Å². The van der Waals surface area contributed by atoms with Crippen LogP contribution >= 0.6 is 11.8 Å². The lowest BCUT2D eigenvalue weighted by atomic mass is 9.68. The van der Waals surface area contributed by atoms with Crippen LogP contribution in [0.15, 0.2) is 11.6 Å². The molecule has 0 N–H and O–H groups in total. The van der Waals surface area contributed by atoms with E-state index >= 15 is 0 Å². The van der Waals surface area contributed by atoms with Crippen molar-refractivity contribution in [3.05, 3.63) is 11.6 Å². The Kier molecular flexibility index (Phi) is 13.2. The van der Waals surface area contributed by atoms with Gasteiger partial charge in [-0.05, 0) is 47.0 Å². The molecule has 0 bridgehead atoms. The summed E-state index contributed by atoms with van der Waals surface area (Å²) < 4.78 is 29.0. The number of ether oxygens (including phenoxy) is 5. The molecule has 0 unspecified atom stereocenters. The summed E-state index contributed by atoms with van der Waals surface area (Å²) in [5.41, 5.74) is 0.425. The second-order valence-electron chi connectivity index (χ2n) is 12.9. The Morgan fingerprint density at radius 3 is 2.39 bits per heavy atom. The van der Waals surface area contributed by atoms with Crippen LogP contribution < -0.4 is 0 Å². The van der Waals surface area contributed by atoms with Crippen molar-refractivity contribution in [3.8, 4) is 0 Å². The van der Waals surface area contributed by atoms with Gasteiger partial charge in [-0.3, -0.25) is 24.0 Å². The molecule has 0 aromatic heterocycles. The molecule has 0 aromatic rings. The zero-order valence-electron chi connectivity index (χ0n) is 27.3. The quantitative estimate of drug-likeness (QED) is 0.0859. The van der Waals surface area contributed by atoms with Crippen molar-refractivity contribution in [1.29, 1.82) is 0 Å². The van der Waals surface area contributed by atoms with E-state index in [1.54, 1.807) is 27.9 Å². The van der Waals surface area contributed by atoms with Crippen LogP contribution in [0.25, 0.3) is 0 Å². The van der Waals surface area contributed by atoms with Gasteiger partial charge in [0.25, 0.3) is 0 Å². The molecule has 10 nitrogen and oxygen atoms in total. The molecule has 3 aliphatic rings. The third-order valence-electron chi connectivity index (χ3n) is 8.83. The number of hydrogen-bond acceptors (Lipinski definition) is 11. The molecule has 1 spiro atoms.